The van der Waals surface area contributed by atoms with E-state index < -0.39 is 0 Å². The van der Waals surface area contributed by atoms with Gasteiger partial charge in [-0.2, -0.15) is 11.8 Å². The van der Waals surface area contributed by atoms with Gasteiger partial charge in [-0.05, 0) is 25.8 Å². The predicted molar refractivity (Wildman–Crippen MR) is 81.6 cm³/mol. The minimum atomic E-state index is -0.0134. The molecule has 4 heteroatoms. The molecule has 1 aromatic carbocycles. The van der Waals surface area contributed by atoms with E-state index in [0.717, 1.165) is 17.9 Å². The van der Waals surface area contributed by atoms with Gasteiger partial charge in [0.05, 0.1) is 11.8 Å². The summed E-state index contributed by atoms with van der Waals surface area (Å²) in [6.45, 7) is 3.00. The van der Waals surface area contributed by atoms with Crippen LogP contribution in [0.2, 0.25) is 0 Å². The van der Waals surface area contributed by atoms with Gasteiger partial charge in [0.15, 0.2) is 0 Å². The van der Waals surface area contributed by atoms with Crippen molar-refractivity contribution in [3.05, 3.63) is 35.9 Å². The Bertz CT molecular complexity index is 367. The zero-order chi connectivity index (χ0) is 13.5. The number of hydrogen-bond donors (Lipinski definition) is 2. The number of benzene rings is 1. The van der Waals surface area contributed by atoms with E-state index in [1.807, 2.05) is 42.1 Å². The summed E-state index contributed by atoms with van der Waals surface area (Å²) in [6.07, 6.45) is 2.12. The van der Waals surface area contributed by atoms with Crippen LogP contribution in [0.3, 0.4) is 0 Å². The van der Waals surface area contributed by atoms with Gasteiger partial charge in [-0.3, -0.25) is 5.41 Å². The maximum atomic E-state index is 7.77. The molecular formula is C14H23N3S. The molecule has 0 saturated carbocycles. The molecule has 1 rings (SSSR count). The molecule has 1 aromatic rings. The monoisotopic (exact) mass is 265 g/mol. The minimum Gasteiger partial charge on any atom is -0.387 e. The number of nitrogens with zero attached hydrogens (tertiary/aromatic N) is 1. The molecule has 0 bridgehead atoms. The van der Waals surface area contributed by atoms with Crippen LogP contribution in [-0.2, 0) is 0 Å². The van der Waals surface area contributed by atoms with Crippen LogP contribution < -0.4 is 5.73 Å². The Hall–Kier alpha value is -1.00. The van der Waals surface area contributed by atoms with Crippen molar-refractivity contribution in [3.63, 3.8) is 0 Å². The molecule has 0 fully saturated rings. The first-order chi connectivity index (χ1) is 8.56. The van der Waals surface area contributed by atoms with Crippen LogP contribution in [0.5, 0.6) is 0 Å². The van der Waals surface area contributed by atoms with Crippen LogP contribution >= 0.6 is 11.8 Å². The van der Waals surface area contributed by atoms with Crippen LogP contribution in [-0.4, -0.2) is 42.4 Å². The summed E-state index contributed by atoms with van der Waals surface area (Å²) in [5, 5.41) is 7.77. The number of hydrogen-bond acceptors (Lipinski definition) is 3. The molecule has 0 spiro atoms. The zero-order valence-electron chi connectivity index (χ0n) is 11.4. The number of amidine groups is 1. The average molecular weight is 265 g/mol. The van der Waals surface area contributed by atoms with Gasteiger partial charge in [-0.25, -0.2) is 0 Å². The maximum Gasteiger partial charge on any atom is 0.0995 e. The van der Waals surface area contributed by atoms with Crippen molar-refractivity contribution in [1.82, 2.24) is 4.90 Å². The van der Waals surface area contributed by atoms with Crippen molar-refractivity contribution in [2.24, 2.45) is 5.73 Å². The molecule has 100 valence electrons. The van der Waals surface area contributed by atoms with E-state index in [1.54, 1.807) is 0 Å². The smallest absolute Gasteiger partial charge is 0.0995 e. The van der Waals surface area contributed by atoms with E-state index in [2.05, 4.69) is 25.1 Å². The van der Waals surface area contributed by atoms with Crippen molar-refractivity contribution >= 4 is 17.6 Å². The fraction of sp³-hybridized carbons (Fsp3) is 0.500. The highest BCUT2D eigenvalue weighted by Gasteiger charge is 2.19. The molecule has 2 unspecified atom stereocenters. The van der Waals surface area contributed by atoms with Gasteiger partial charge in [0.1, 0.15) is 0 Å². The second-order valence-corrected chi connectivity index (χ2v) is 5.57. The number of thioether (sulfide) groups is 1. The molecule has 0 radical (unpaired) electrons. The summed E-state index contributed by atoms with van der Waals surface area (Å²) >= 11 is 1.84. The quantitative estimate of drug-likeness (QED) is 0.588. The summed E-state index contributed by atoms with van der Waals surface area (Å²) < 4.78 is 0. The van der Waals surface area contributed by atoms with Gasteiger partial charge in [-0.15, -0.1) is 0 Å². The lowest BCUT2D eigenvalue weighted by atomic mass is 9.97. The standard InChI is InChI=1S/C14H23N3S/c1-11(10-18-3)17(2)9-13(14(15)16)12-7-5-4-6-8-12/h4-8,11,13H,9-10H2,1-3H3,(H3,15,16). The van der Waals surface area contributed by atoms with Crippen LogP contribution in [0, 0.1) is 5.41 Å². The van der Waals surface area contributed by atoms with Crippen molar-refractivity contribution in [3.8, 4) is 0 Å². The first-order valence-electron chi connectivity index (χ1n) is 6.14. The molecule has 3 nitrogen and oxygen atoms in total. The van der Waals surface area contributed by atoms with Crippen molar-refractivity contribution in [1.29, 1.82) is 5.41 Å². The lowest BCUT2D eigenvalue weighted by Gasteiger charge is -2.28. The molecular weight excluding hydrogens is 242 g/mol. The third kappa shape index (κ3) is 4.35. The highest BCUT2D eigenvalue weighted by Crippen LogP contribution is 2.18. The third-order valence-electron chi connectivity index (χ3n) is 3.21. The van der Waals surface area contributed by atoms with Gasteiger partial charge in [-0.1, -0.05) is 30.3 Å². The fourth-order valence-electron chi connectivity index (χ4n) is 1.91. The second kappa shape index (κ2) is 7.44. The van der Waals surface area contributed by atoms with Crippen LogP contribution in [0.15, 0.2) is 30.3 Å². The first kappa shape index (κ1) is 15.1. The number of rotatable bonds is 7. The highest BCUT2D eigenvalue weighted by molar-refractivity contribution is 7.98. The molecule has 0 heterocycles. The van der Waals surface area contributed by atoms with Crippen LogP contribution in [0.4, 0.5) is 0 Å². The predicted octanol–water partition coefficient (Wildman–Crippen LogP) is 2.39. The van der Waals surface area contributed by atoms with E-state index in [1.165, 1.54) is 0 Å². The molecule has 0 aliphatic heterocycles. The summed E-state index contributed by atoms with van der Waals surface area (Å²) in [7, 11) is 2.10. The average Bonchev–Trinajstić information content (AvgIpc) is 2.36. The summed E-state index contributed by atoms with van der Waals surface area (Å²) in [6, 6.07) is 10.6. The molecule has 0 aliphatic carbocycles. The maximum absolute atomic E-state index is 7.77. The van der Waals surface area contributed by atoms with E-state index >= 15 is 0 Å². The Morgan fingerprint density at radius 3 is 2.50 bits per heavy atom. The molecule has 3 N–H and O–H groups in total. The van der Waals surface area contributed by atoms with E-state index in [9.17, 15) is 0 Å². The van der Waals surface area contributed by atoms with Gasteiger partial charge >= 0.3 is 0 Å². The van der Waals surface area contributed by atoms with E-state index in [-0.39, 0.29) is 11.8 Å². The fourth-order valence-corrected chi connectivity index (χ4v) is 2.64. The Balaban J connectivity index is 2.73. The van der Waals surface area contributed by atoms with Crippen LogP contribution in [0.25, 0.3) is 0 Å². The van der Waals surface area contributed by atoms with Gasteiger partial charge in [0.25, 0.3) is 0 Å². The second-order valence-electron chi connectivity index (χ2n) is 4.66. The van der Waals surface area contributed by atoms with Crippen molar-refractivity contribution in [2.75, 3.05) is 25.6 Å². The normalized spacial score (nSPS) is 14.4. The van der Waals surface area contributed by atoms with Crippen molar-refractivity contribution in [2.45, 2.75) is 18.9 Å². The SMILES string of the molecule is CSCC(C)N(C)CC(C(=N)N)c1ccccc1. The highest BCUT2D eigenvalue weighted by atomic mass is 32.2. The third-order valence-corrected chi connectivity index (χ3v) is 4.02. The first-order valence-corrected chi connectivity index (χ1v) is 7.53. The van der Waals surface area contributed by atoms with Gasteiger partial charge in [0, 0.05) is 18.3 Å². The van der Waals surface area contributed by atoms with Gasteiger partial charge < -0.3 is 10.6 Å². The van der Waals surface area contributed by atoms with Gasteiger partial charge in [0.2, 0.25) is 0 Å². The largest absolute Gasteiger partial charge is 0.387 e. The summed E-state index contributed by atoms with van der Waals surface area (Å²) in [5.74, 6) is 1.32. The van der Waals surface area contributed by atoms with Crippen molar-refractivity contribution < 1.29 is 0 Å². The summed E-state index contributed by atoms with van der Waals surface area (Å²) in [5.41, 5.74) is 6.86. The topological polar surface area (TPSA) is 53.1 Å². The Kier molecular flexibility index (Phi) is 6.22. The molecule has 0 aliphatic rings. The lowest BCUT2D eigenvalue weighted by Crippen LogP contribution is -2.38. The Morgan fingerprint density at radius 2 is 2.00 bits per heavy atom. The lowest BCUT2D eigenvalue weighted by molar-refractivity contribution is 0.274. The Labute approximate surface area is 114 Å². The molecule has 0 amide bonds. The summed E-state index contributed by atoms with van der Waals surface area (Å²) in [4.78, 5) is 2.27. The number of nitrogens with one attached hydrogen (secondary N) is 1. The van der Waals surface area contributed by atoms with E-state index in [0.29, 0.717) is 6.04 Å². The molecule has 18 heavy (non-hydrogen) atoms. The van der Waals surface area contributed by atoms with E-state index in [4.69, 9.17) is 11.1 Å². The number of nitrogens with two attached hydrogens (primary N) is 1. The number of likely N-dealkylation sites (N-methyl/N-ethyl adjacent to an activating group) is 1. The molecule has 0 aromatic heterocycles. The zero-order valence-corrected chi connectivity index (χ0v) is 12.2. The molecule has 2 atom stereocenters. The Morgan fingerprint density at radius 1 is 1.39 bits per heavy atom. The molecule has 0 saturated heterocycles. The minimum absolute atomic E-state index is 0.0134. The van der Waals surface area contributed by atoms with Crippen LogP contribution in [0.1, 0.15) is 18.4 Å².